The molecule has 0 unspecified atom stereocenters. The van der Waals surface area contributed by atoms with Gasteiger partial charge in [-0.15, -0.1) is 0 Å². The van der Waals surface area contributed by atoms with Gasteiger partial charge in [0.05, 0.1) is 11.6 Å². The Morgan fingerprint density at radius 2 is 1.76 bits per heavy atom. The smallest absolute Gasteiger partial charge is 0.315 e. The first-order valence-electron chi connectivity index (χ1n) is 6.13. The maximum absolute atomic E-state index is 11.7. The maximum Gasteiger partial charge on any atom is 0.315 e. The first-order valence-corrected chi connectivity index (χ1v) is 6.13. The molecule has 2 aromatic rings. The summed E-state index contributed by atoms with van der Waals surface area (Å²) in [4.78, 5) is 27.4. The number of nitriles is 1. The fourth-order valence-corrected chi connectivity index (χ4v) is 1.59. The van der Waals surface area contributed by atoms with E-state index in [4.69, 9.17) is 5.26 Å². The molecule has 0 aliphatic rings. The van der Waals surface area contributed by atoms with Gasteiger partial charge in [0, 0.05) is 11.9 Å². The predicted octanol–water partition coefficient (Wildman–Crippen LogP) is 1.84. The van der Waals surface area contributed by atoms with E-state index in [1.54, 1.807) is 42.6 Å². The van der Waals surface area contributed by atoms with Crippen LogP contribution < -0.4 is 10.6 Å². The van der Waals surface area contributed by atoms with Crippen molar-refractivity contribution in [3.63, 3.8) is 0 Å². The Morgan fingerprint density at radius 3 is 2.38 bits per heavy atom. The fraction of sp³-hybridized carbons (Fsp3) is 0.0667. The average Bonchev–Trinajstić information content (AvgIpc) is 2.48. The normalized spacial score (nSPS) is 9.52. The average molecular weight is 280 g/mol. The minimum atomic E-state index is -0.808. The molecule has 0 saturated carbocycles. The molecule has 0 saturated heterocycles. The van der Waals surface area contributed by atoms with Gasteiger partial charge in [-0.25, -0.2) is 4.98 Å². The molecule has 2 amide bonds. The maximum atomic E-state index is 11.7. The van der Waals surface area contributed by atoms with Crippen LogP contribution in [-0.2, 0) is 9.59 Å². The highest BCUT2D eigenvalue weighted by molar-refractivity contribution is 6.43. The third-order valence-electron chi connectivity index (χ3n) is 2.64. The van der Waals surface area contributed by atoms with Gasteiger partial charge in [-0.2, -0.15) is 5.26 Å². The van der Waals surface area contributed by atoms with E-state index in [2.05, 4.69) is 15.6 Å². The summed E-state index contributed by atoms with van der Waals surface area (Å²) in [5, 5.41) is 13.5. The quantitative estimate of drug-likeness (QED) is 0.820. The van der Waals surface area contributed by atoms with Crippen LogP contribution in [0.25, 0.3) is 0 Å². The summed E-state index contributed by atoms with van der Waals surface area (Å²) < 4.78 is 0. The van der Waals surface area contributed by atoms with Crippen molar-refractivity contribution >= 4 is 23.3 Å². The number of hydrogen-bond donors (Lipinski definition) is 2. The number of amides is 2. The van der Waals surface area contributed by atoms with Crippen molar-refractivity contribution in [3.8, 4) is 6.07 Å². The number of aromatic nitrogens is 1. The summed E-state index contributed by atoms with van der Waals surface area (Å²) in [7, 11) is 0. The fourth-order valence-electron chi connectivity index (χ4n) is 1.59. The molecule has 104 valence electrons. The summed E-state index contributed by atoms with van der Waals surface area (Å²) in [5.41, 5.74) is 1.83. The summed E-state index contributed by atoms with van der Waals surface area (Å²) in [5.74, 6) is -1.30. The van der Waals surface area contributed by atoms with E-state index in [0.717, 1.165) is 5.56 Å². The molecule has 1 aromatic carbocycles. The van der Waals surface area contributed by atoms with Gasteiger partial charge < -0.3 is 10.6 Å². The number of rotatable bonds is 2. The number of anilines is 2. The second-order valence-electron chi connectivity index (χ2n) is 4.32. The Balaban J connectivity index is 1.99. The highest BCUT2D eigenvalue weighted by Gasteiger charge is 2.14. The molecule has 0 aliphatic carbocycles. The number of carbonyl (C=O) groups is 2. The van der Waals surface area contributed by atoms with Gasteiger partial charge >= 0.3 is 11.8 Å². The molecular weight excluding hydrogens is 268 g/mol. The minimum Gasteiger partial charge on any atom is -0.318 e. The SMILES string of the molecule is Cc1ccnc(NC(=O)C(=O)Nc2ccc(C#N)cc2)c1. The second-order valence-corrected chi connectivity index (χ2v) is 4.32. The van der Waals surface area contributed by atoms with E-state index in [0.29, 0.717) is 17.1 Å². The third-order valence-corrected chi connectivity index (χ3v) is 2.64. The number of hydrogen-bond acceptors (Lipinski definition) is 4. The largest absolute Gasteiger partial charge is 0.318 e. The third kappa shape index (κ3) is 3.88. The molecule has 0 fully saturated rings. The highest BCUT2D eigenvalue weighted by Crippen LogP contribution is 2.09. The van der Waals surface area contributed by atoms with Crippen LogP contribution in [0.4, 0.5) is 11.5 Å². The van der Waals surface area contributed by atoms with E-state index >= 15 is 0 Å². The van der Waals surface area contributed by atoms with Crippen LogP contribution in [0.1, 0.15) is 11.1 Å². The Labute approximate surface area is 121 Å². The summed E-state index contributed by atoms with van der Waals surface area (Å²) in [6.45, 7) is 1.86. The molecule has 2 rings (SSSR count). The Morgan fingerprint density at radius 1 is 1.10 bits per heavy atom. The van der Waals surface area contributed by atoms with Crippen molar-refractivity contribution in [2.24, 2.45) is 0 Å². The molecule has 0 bridgehead atoms. The number of benzene rings is 1. The van der Waals surface area contributed by atoms with Crippen LogP contribution in [0.5, 0.6) is 0 Å². The van der Waals surface area contributed by atoms with Gasteiger partial charge in [0.15, 0.2) is 0 Å². The van der Waals surface area contributed by atoms with Crippen LogP contribution in [0.3, 0.4) is 0 Å². The van der Waals surface area contributed by atoms with Gasteiger partial charge in [-0.1, -0.05) is 0 Å². The number of carbonyl (C=O) groups excluding carboxylic acids is 2. The monoisotopic (exact) mass is 280 g/mol. The lowest BCUT2D eigenvalue weighted by Crippen LogP contribution is -2.29. The van der Waals surface area contributed by atoms with Crippen molar-refractivity contribution in [2.45, 2.75) is 6.92 Å². The summed E-state index contributed by atoms with van der Waals surface area (Å²) in [6, 6.07) is 11.6. The number of nitrogens with zero attached hydrogens (tertiary/aromatic N) is 2. The van der Waals surface area contributed by atoms with Gasteiger partial charge in [0.2, 0.25) is 0 Å². The number of nitrogens with one attached hydrogen (secondary N) is 2. The molecule has 1 aromatic heterocycles. The molecular formula is C15H12N4O2. The highest BCUT2D eigenvalue weighted by atomic mass is 16.2. The zero-order valence-electron chi connectivity index (χ0n) is 11.3. The molecule has 6 heteroatoms. The Kier molecular flexibility index (Phi) is 4.26. The van der Waals surface area contributed by atoms with Crippen molar-refractivity contribution in [2.75, 3.05) is 10.6 Å². The Bertz CT molecular complexity index is 717. The van der Waals surface area contributed by atoms with Gasteiger partial charge in [-0.05, 0) is 48.9 Å². The zero-order valence-corrected chi connectivity index (χ0v) is 11.3. The van der Waals surface area contributed by atoms with E-state index in [1.807, 2.05) is 13.0 Å². The summed E-state index contributed by atoms with van der Waals surface area (Å²) in [6.07, 6.45) is 1.55. The van der Waals surface area contributed by atoms with Gasteiger partial charge in [-0.3, -0.25) is 9.59 Å². The molecule has 2 N–H and O–H groups in total. The van der Waals surface area contributed by atoms with Crippen molar-refractivity contribution in [1.82, 2.24) is 4.98 Å². The topological polar surface area (TPSA) is 94.9 Å². The zero-order chi connectivity index (χ0) is 15.2. The number of aryl methyl sites for hydroxylation is 1. The molecule has 21 heavy (non-hydrogen) atoms. The van der Waals surface area contributed by atoms with Crippen LogP contribution in [0.15, 0.2) is 42.6 Å². The van der Waals surface area contributed by atoms with Crippen molar-refractivity contribution < 1.29 is 9.59 Å². The minimum absolute atomic E-state index is 0.315. The standard InChI is InChI=1S/C15H12N4O2/c1-10-6-7-17-13(8-10)19-15(21)14(20)18-12-4-2-11(9-16)3-5-12/h2-8H,1H3,(H,18,20)(H,17,19,21). The van der Waals surface area contributed by atoms with Gasteiger partial charge in [0.1, 0.15) is 5.82 Å². The molecule has 0 aliphatic heterocycles. The van der Waals surface area contributed by atoms with E-state index in [1.165, 1.54) is 0 Å². The Hall–Kier alpha value is -3.20. The van der Waals surface area contributed by atoms with Crippen LogP contribution in [0.2, 0.25) is 0 Å². The lowest BCUT2D eigenvalue weighted by Gasteiger charge is -2.06. The summed E-state index contributed by atoms with van der Waals surface area (Å²) >= 11 is 0. The predicted molar refractivity (Wildman–Crippen MR) is 77.4 cm³/mol. The van der Waals surface area contributed by atoms with Crippen molar-refractivity contribution in [1.29, 1.82) is 5.26 Å². The van der Waals surface area contributed by atoms with E-state index in [-0.39, 0.29) is 0 Å². The van der Waals surface area contributed by atoms with E-state index in [9.17, 15) is 9.59 Å². The molecule has 0 atom stereocenters. The lowest BCUT2D eigenvalue weighted by molar-refractivity contribution is -0.133. The molecule has 0 spiro atoms. The van der Waals surface area contributed by atoms with Crippen LogP contribution >= 0.6 is 0 Å². The van der Waals surface area contributed by atoms with Crippen LogP contribution in [0, 0.1) is 18.3 Å². The van der Waals surface area contributed by atoms with Crippen molar-refractivity contribution in [3.05, 3.63) is 53.7 Å². The molecule has 0 radical (unpaired) electrons. The van der Waals surface area contributed by atoms with E-state index < -0.39 is 11.8 Å². The second kappa shape index (κ2) is 6.30. The lowest BCUT2D eigenvalue weighted by atomic mass is 10.2. The van der Waals surface area contributed by atoms with Crippen LogP contribution in [-0.4, -0.2) is 16.8 Å². The first-order chi connectivity index (χ1) is 10.1. The molecule has 1 heterocycles. The number of pyridine rings is 1. The van der Waals surface area contributed by atoms with Gasteiger partial charge in [0.25, 0.3) is 0 Å². The molecule has 6 nitrogen and oxygen atoms in total. The first kappa shape index (κ1) is 14.2.